The summed E-state index contributed by atoms with van der Waals surface area (Å²) in [5.74, 6) is -2.43. The van der Waals surface area contributed by atoms with Crippen LogP contribution in [0.4, 0.5) is 11.4 Å². The van der Waals surface area contributed by atoms with Crippen LogP contribution in [0.2, 0.25) is 10.0 Å². The van der Waals surface area contributed by atoms with Crippen LogP contribution in [0.15, 0.2) is 65.1 Å². The zero-order valence-corrected chi connectivity index (χ0v) is 21.7. The van der Waals surface area contributed by atoms with Crippen LogP contribution in [0.5, 0.6) is 0 Å². The molecule has 0 atom stereocenters. The number of carbonyl (C=O) groups is 3. The predicted molar refractivity (Wildman–Crippen MR) is 143 cm³/mol. The van der Waals surface area contributed by atoms with E-state index in [1.54, 1.807) is 36.4 Å². The quantitative estimate of drug-likeness (QED) is 0.251. The minimum Gasteiger partial charge on any atom is -0.321 e. The van der Waals surface area contributed by atoms with Gasteiger partial charge in [0.25, 0.3) is 5.91 Å². The number of aryl methyl sites for hydroxylation is 2. The van der Waals surface area contributed by atoms with E-state index in [2.05, 4.69) is 32.0 Å². The first-order valence-electron chi connectivity index (χ1n) is 10.4. The van der Waals surface area contributed by atoms with Gasteiger partial charge in [-0.05, 0) is 73.5 Å². The van der Waals surface area contributed by atoms with Crippen LogP contribution in [0, 0.1) is 13.8 Å². The second-order valence-electron chi connectivity index (χ2n) is 7.90. The van der Waals surface area contributed by atoms with Crippen LogP contribution in [0.1, 0.15) is 21.6 Å². The Morgan fingerprint density at radius 1 is 0.857 bits per heavy atom. The number of rotatable bonds is 4. The zero-order valence-electron chi connectivity index (χ0n) is 18.6. The fraction of sp³-hybridized carbons (Fsp3) is 0.0800. The summed E-state index contributed by atoms with van der Waals surface area (Å²) in [6, 6.07) is 17.3. The van der Waals surface area contributed by atoms with Gasteiger partial charge in [0.05, 0.1) is 21.2 Å². The van der Waals surface area contributed by atoms with Crippen molar-refractivity contribution in [3.63, 3.8) is 0 Å². The standard InChI is InChI=1S/C25H19BrCl2N4O3/c1-13-8-14(2)10-17(9-13)29-23(33)21-12-15-11-16(26)6-7-20(15)32(21)31-25(35)24(34)30-19-5-3-4-18(27)22(19)28/h3-12H,1-2H3,(H,29,33)(H,30,34)(H,31,35). The highest BCUT2D eigenvalue weighted by atomic mass is 79.9. The Morgan fingerprint density at radius 3 is 2.29 bits per heavy atom. The average molecular weight is 574 g/mol. The van der Waals surface area contributed by atoms with E-state index in [-0.39, 0.29) is 21.4 Å². The highest BCUT2D eigenvalue weighted by Crippen LogP contribution is 2.29. The van der Waals surface area contributed by atoms with Crippen LogP contribution in [0.25, 0.3) is 10.9 Å². The molecule has 4 aromatic rings. The molecule has 3 amide bonds. The molecule has 178 valence electrons. The first kappa shape index (κ1) is 24.8. The maximum atomic E-state index is 13.2. The summed E-state index contributed by atoms with van der Waals surface area (Å²) in [7, 11) is 0. The van der Waals surface area contributed by atoms with Gasteiger partial charge in [-0.25, -0.2) is 4.68 Å². The molecule has 3 N–H and O–H groups in total. The van der Waals surface area contributed by atoms with Gasteiger partial charge in [-0.3, -0.25) is 19.8 Å². The molecule has 0 unspecified atom stereocenters. The number of aromatic nitrogens is 1. The Labute approximate surface area is 219 Å². The van der Waals surface area contributed by atoms with Crippen molar-refractivity contribution < 1.29 is 14.4 Å². The molecule has 0 saturated carbocycles. The van der Waals surface area contributed by atoms with Gasteiger partial charge in [-0.15, -0.1) is 0 Å². The number of hydrogen-bond acceptors (Lipinski definition) is 3. The molecule has 35 heavy (non-hydrogen) atoms. The summed E-state index contributed by atoms with van der Waals surface area (Å²) in [6.45, 7) is 3.87. The molecule has 0 aliphatic rings. The zero-order chi connectivity index (χ0) is 25.3. The monoisotopic (exact) mass is 572 g/mol. The minimum absolute atomic E-state index is 0.111. The first-order chi connectivity index (χ1) is 16.6. The van der Waals surface area contributed by atoms with Gasteiger partial charge in [0.2, 0.25) is 0 Å². The van der Waals surface area contributed by atoms with E-state index in [0.717, 1.165) is 15.6 Å². The maximum Gasteiger partial charge on any atom is 0.328 e. The number of amides is 3. The average Bonchev–Trinajstić information content (AvgIpc) is 3.13. The van der Waals surface area contributed by atoms with Gasteiger partial charge < -0.3 is 10.6 Å². The Bertz CT molecular complexity index is 1480. The van der Waals surface area contributed by atoms with Crippen molar-refractivity contribution >= 4 is 79.1 Å². The lowest BCUT2D eigenvalue weighted by Crippen LogP contribution is -2.36. The lowest BCUT2D eigenvalue weighted by atomic mass is 10.1. The number of nitrogens with one attached hydrogen (secondary N) is 3. The number of carbonyl (C=O) groups excluding carboxylic acids is 3. The smallest absolute Gasteiger partial charge is 0.321 e. The molecule has 10 heteroatoms. The molecule has 0 saturated heterocycles. The molecule has 0 aliphatic carbocycles. The summed E-state index contributed by atoms with van der Waals surface area (Å²) in [4.78, 5) is 38.6. The van der Waals surface area contributed by atoms with E-state index in [1.165, 1.54) is 10.7 Å². The second-order valence-corrected chi connectivity index (χ2v) is 9.60. The van der Waals surface area contributed by atoms with Crippen LogP contribution >= 0.6 is 39.1 Å². The highest BCUT2D eigenvalue weighted by Gasteiger charge is 2.22. The Morgan fingerprint density at radius 2 is 1.57 bits per heavy atom. The fourth-order valence-corrected chi connectivity index (χ4v) is 4.37. The third kappa shape index (κ3) is 5.51. The lowest BCUT2D eigenvalue weighted by Gasteiger charge is -2.13. The first-order valence-corrected chi connectivity index (χ1v) is 11.9. The topological polar surface area (TPSA) is 92.2 Å². The molecule has 7 nitrogen and oxygen atoms in total. The molecule has 1 aromatic heterocycles. The highest BCUT2D eigenvalue weighted by molar-refractivity contribution is 9.10. The molecular formula is C25H19BrCl2N4O3. The largest absolute Gasteiger partial charge is 0.328 e. The van der Waals surface area contributed by atoms with Crippen molar-refractivity contribution in [2.45, 2.75) is 13.8 Å². The van der Waals surface area contributed by atoms with E-state index < -0.39 is 17.7 Å². The Balaban J connectivity index is 1.64. The summed E-state index contributed by atoms with van der Waals surface area (Å²) in [5, 5.41) is 6.32. The van der Waals surface area contributed by atoms with E-state index in [9.17, 15) is 14.4 Å². The number of halogens is 3. The van der Waals surface area contributed by atoms with Crippen molar-refractivity contribution in [1.82, 2.24) is 4.68 Å². The summed E-state index contributed by atoms with van der Waals surface area (Å²) in [6.07, 6.45) is 0. The SMILES string of the molecule is Cc1cc(C)cc(NC(=O)c2cc3cc(Br)ccc3n2NC(=O)C(=O)Nc2cccc(Cl)c2Cl)c1. The van der Waals surface area contributed by atoms with Gasteiger partial charge in [0.15, 0.2) is 0 Å². The molecule has 0 aliphatic heterocycles. The third-order valence-electron chi connectivity index (χ3n) is 5.10. The van der Waals surface area contributed by atoms with Crippen molar-refractivity contribution in [1.29, 1.82) is 0 Å². The van der Waals surface area contributed by atoms with Crippen molar-refractivity contribution in [2.24, 2.45) is 0 Å². The molecule has 0 fully saturated rings. The third-order valence-corrected chi connectivity index (χ3v) is 6.41. The molecule has 0 radical (unpaired) electrons. The molecule has 1 heterocycles. The van der Waals surface area contributed by atoms with Crippen molar-refractivity contribution in [3.8, 4) is 0 Å². The molecule has 4 rings (SSSR count). The maximum absolute atomic E-state index is 13.2. The van der Waals surface area contributed by atoms with Gasteiger partial charge in [-0.2, -0.15) is 0 Å². The fourth-order valence-electron chi connectivity index (χ4n) is 3.65. The lowest BCUT2D eigenvalue weighted by molar-refractivity contribution is -0.133. The normalized spacial score (nSPS) is 10.8. The van der Waals surface area contributed by atoms with Gasteiger partial charge in [0, 0.05) is 15.5 Å². The molecule has 0 spiro atoms. The van der Waals surface area contributed by atoms with Gasteiger partial charge in [0.1, 0.15) is 5.69 Å². The van der Waals surface area contributed by atoms with E-state index in [1.807, 2.05) is 32.0 Å². The summed E-state index contributed by atoms with van der Waals surface area (Å²) in [5.41, 5.74) is 5.97. The predicted octanol–water partition coefficient (Wildman–Crippen LogP) is 6.29. The Kier molecular flexibility index (Phi) is 7.16. The van der Waals surface area contributed by atoms with Crippen LogP contribution < -0.4 is 16.1 Å². The number of fused-ring (bicyclic) bond motifs is 1. The minimum atomic E-state index is -0.998. The van der Waals surface area contributed by atoms with Crippen molar-refractivity contribution in [2.75, 3.05) is 16.1 Å². The van der Waals surface area contributed by atoms with Gasteiger partial charge >= 0.3 is 11.8 Å². The number of nitrogens with zero attached hydrogens (tertiary/aromatic N) is 1. The number of hydrogen-bond donors (Lipinski definition) is 3. The number of anilines is 2. The van der Waals surface area contributed by atoms with Gasteiger partial charge in [-0.1, -0.05) is 51.3 Å². The van der Waals surface area contributed by atoms with Crippen molar-refractivity contribution in [3.05, 3.63) is 92.0 Å². The molecule has 3 aromatic carbocycles. The van der Waals surface area contributed by atoms with Crippen LogP contribution in [-0.4, -0.2) is 22.4 Å². The second kappa shape index (κ2) is 10.1. The number of benzene rings is 3. The van der Waals surface area contributed by atoms with Crippen LogP contribution in [-0.2, 0) is 9.59 Å². The molecular weight excluding hydrogens is 555 g/mol. The van der Waals surface area contributed by atoms with E-state index >= 15 is 0 Å². The molecule has 0 bridgehead atoms. The van der Waals surface area contributed by atoms with E-state index in [0.29, 0.717) is 16.6 Å². The summed E-state index contributed by atoms with van der Waals surface area (Å²) < 4.78 is 2.07. The van der Waals surface area contributed by atoms with E-state index in [4.69, 9.17) is 23.2 Å². The van der Waals surface area contributed by atoms with Crippen LogP contribution in [0.3, 0.4) is 0 Å². The summed E-state index contributed by atoms with van der Waals surface area (Å²) >= 11 is 15.5. The Hall–Kier alpha value is -3.33.